The smallest absolute Gasteiger partial charge is 0.138 e. The van der Waals surface area contributed by atoms with Crippen LogP contribution >= 0.6 is 0 Å². The van der Waals surface area contributed by atoms with Crippen LogP contribution in [0.15, 0.2) is 168 Å². The van der Waals surface area contributed by atoms with Gasteiger partial charge < -0.3 is 9.32 Å². The molecular weight excluding hydrogens is 571 g/mol. The molecule has 0 atom stereocenters. The van der Waals surface area contributed by atoms with Crippen LogP contribution in [0.3, 0.4) is 0 Å². The van der Waals surface area contributed by atoms with Crippen LogP contribution in [-0.2, 0) is 5.41 Å². The average molecular weight is 604 g/mol. The zero-order valence-electron chi connectivity index (χ0n) is 26.4. The number of anilines is 3. The van der Waals surface area contributed by atoms with Crippen LogP contribution in [0.5, 0.6) is 0 Å². The lowest BCUT2D eigenvalue weighted by Crippen LogP contribution is -2.20. The highest BCUT2D eigenvalue weighted by atomic mass is 16.3. The van der Waals surface area contributed by atoms with Crippen molar-refractivity contribution >= 4 is 39.0 Å². The zero-order valence-corrected chi connectivity index (χ0v) is 26.4. The van der Waals surface area contributed by atoms with Crippen LogP contribution in [0.2, 0.25) is 0 Å². The van der Waals surface area contributed by atoms with Gasteiger partial charge in [-0.25, -0.2) is 0 Å². The fraction of sp³-hybridized carbons (Fsp3) is 0.0667. The van der Waals surface area contributed by atoms with Gasteiger partial charge in [-0.15, -0.1) is 0 Å². The Balaban J connectivity index is 1.36. The quantitative estimate of drug-likeness (QED) is 0.195. The minimum absolute atomic E-state index is 0.191. The van der Waals surface area contributed by atoms with Crippen LogP contribution in [0.1, 0.15) is 25.0 Å². The topological polar surface area (TPSA) is 16.4 Å². The highest BCUT2D eigenvalue weighted by Gasteiger charge is 2.38. The number of furan rings is 1. The van der Waals surface area contributed by atoms with Gasteiger partial charge in [-0.1, -0.05) is 141 Å². The molecule has 0 bridgehead atoms. The molecule has 0 aliphatic heterocycles. The molecule has 0 spiro atoms. The Labute approximate surface area is 275 Å². The summed E-state index contributed by atoms with van der Waals surface area (Å²) in [4.78, 5) is 2.44. The van der Waals surface area contributed by atoms with E-state index in [2.05, 4.69) is 176 Å². The van der Waals surface area contributed by atoms with Gasteiger partial charge in [0.1, 0.15) is 11.2 Å². The van der Waals surface area contributed by atoms with Crippen molar-refractivity contribution in [2.75, 3.05) is 4.90 Å². The van der Waals surface area contributed by atoms with Crippen molar-refractivity contribution < 1.29 is 4.42 Å². The van der Waals surface area contributed by atoms with E-state index in [0.29, 0.717) is 0 Å². The van der Waals surface area contributed by atoms with Gasteiger partial charge in [-0.3, -0.25) is 0 Å². The van der Waals surface area contributed by atoms with Crippen molar-refractivity contribution in [3.05, 3.63) is 175 Å². The third-order valence-electron chi connectivity index (χ3n) is 9.82. The molecule has 0 radical (unpaired) electrons. The molecule has 0 amide bonds. The summed E-state index contributed by atoms with van der Waals surface area (Å²) < 4.78 is 6.63. The molecule has 7 aromatic carbocycles. The molecule has 0 N–H and O–H groups in total. The van der Waals surface area contributed by atoms with Crippen LogP contribution in [-0.4, -0.2) is 0 Å². The predicted molar refractivity (Wildman–Crippen MR) is 197 cm³/mol. The van der Waals surface area contributed by atoms with Gasteiger partial charge >= 0.3 is 0 Å². The summed E-state index contributed by atoms with van der Waals surface area (Å²) >= 11 is 0. The van der Waals surface area contributed by atoms with Crippen molar-refractivity contribution in [3.8, 4) is 33.4 Å². The summed E-state index contributed by atoms with van der Waals surface area (Å²) in [5, 5.41) is 2.27. The van der Waals surface area contributed by atoms with Crippen molar-refractivity contribution in [3.63, 3.8) is 0 Å². The van der Waals surface area contributed by atoms with Gasteiger partial charge in [0.15, 0.2) is 0 Å². The minimum Gasteiger partial charge on any atom is -0.456 e. The standard InChI is InChI=1S/C45H33NO/c1-45(2)39-24-11-9-21-35(39)36-23-14-25-40(44(36)45)46(33-20-13-19-32(27-33)30-15-5-3-6-16-30)34-28-38(31-17-7-4-8-18-31)43-37-22-10-12-26-41(37)47-42(43)29-34/h3-29H,1-2H3. The van der Waals surface area contributed by atoms with Gasteiger partial charge in [0, 0.05) is 27.9 Å². The van der Waals surface area contributed by atoms with Gasteiger partial charge in [-0.2, -0.15) is 0 Å². The molecule has 0 saturated carbocycles. The SMILES string of the molecule is CC1(C)c2ccccc2-c2cccc(N(c3cccc(-c4ccccc4)c3)c3cc(-c4ccccc4)c4c(c3)oc3ccccc34)c21. The van der Waals surface area contributed by atoms with Crippen molar-refractivity contribution in [1.29, 1.82) is 0 Å². The highest BCUT2D eigenvalue weighted by Crippen LogP contribution is 2.55. The number of fused-ring (bicyclic) bond motifs is 6. The van der Waals surface area contributed by atoms with E-state index in [9.17, 15) is 0 Å². The molecule has 9 rings (SSSR count). The maximum atomic E-state index is 6.63. The molecule has 1 aromatic heterocycles. The van der Waals surface area contributed by atoms with Crippen LogP contribution < -0.4 is 4.90 Å². The first-order valence-corrected chi connectivity index (χ1v) is 16.3. The van der Waals surface area contributed by atoms with Crippen molar-refractivity contribution in [2.45, 2.75) is 19.3 Å². The van der Waals surface area contributed by atoms with E-state index in [1.54, 1.807) is 0 Å². The number of hydrogen-bond acceptors (Lipinski definition) is 2. The number of rotatable bonds is 5. The normalized spacial score (nSPS) is 13.1. The third-order valence-corrected chi connectivity index (χ3v) is 9.82. The second-order valence-electron chi connectivity index (χ2n) is 13.0. The zero-order chi connectivity index (χ0) is 31.5. The van der Waals surface area contributed by atoms with Crippen molar-refractivity contribution in [2.24, 2.45) is 0 Å². The number of hydrogen-bond donors (Lipinski definition) is 0. The average Bonchev–Trinajstić information content (AvgIpc) is 3.61. The van der Waals surface area contributed by atoms with Crippen LogP contribution in [0.25, 0.3) is 55.3 Å². The summed E-state index contributed by atoms with van der Waals surface area (Å²) in [6, 6.07) is 58.8. The Bertz CT molecular complexity index is 2440. The molecule has 2 nitrogen and oxygen atoms in total. The molecule has 2 heteroatoms. The Kier molecular flexibility index (Phi) is 6.20. The van der Waals surface area contributed by atoms with Crippen LogP contribution in [0.4, 0.5) is 17.1 Å². The highest BCUT2D eigenvalue weighted by molar-refractivity contribution is 6.14. The van der Waals surface area contributed by atoms with Crippen molar-refractivity contribution in [1.82, 2.24) is 0 Å². The second kappa shape index (κ2) is 10.6. The summed E-state index contributed by atoms with van der Waals surface area (Å²) in [5.74, 6) is 0. The summed E-state index contributed by atoms with van der Waals surface area (Å²) in [6.07, 6.45) is 0. The van der Waals surface area contributed by atoms with Crippen LogP contribution in [0, 0.1) is 0 Å². The van der Waals surface area contributed by atoms with E-state index >= 15 is 0 Å². The van der Waals surface area contributed by atoms with Gasteiger partial charge in [0.2, 0.25) is 0 Å². The molecule has 0 saturated heterocycles. The monoisotopic (exact) mass is 603 g/mol. The molecule has 1 aliphatic carbocycles. The molecular formula is C45H33NO. The number of nitrogens with zero attached hydrogens (tertiary/aromatic N) is 1. The third kappa shape index (κ3) is 4.33. The molecule has 1 heterocycles. The molecule has 47 heavy (non-hydrogen) atoms. The number of para-hydroxylation sites is 1. The lowest BCUT2D eigenvalue weighted by atomic mass is 9.81. The van der Waals surface area contributed by atoms with E-state index in [0.717, 1.165) is 44.4 Å². The van der Waals surface area contributed by atoms with Gasteiger partial charge in [0.25, 0.3) is 0 Å². The Morgan fingerprint density at radius 1 is 0.468 bits per heavy atom. The van der Waals surface area contributed by atoms with E-state index in [1.165, 1.54) is 39.1 Å². The van der Waals surface area contributed by atoms with E-state index in [-0.39, 0.29) is 5.41 Å². The van der Waals surface area contributed by atoms with E-state index in [1.807, 2.05) is 6.07 Å². The van der Waals surface area contributed by atoms with Gasteiger partial charge in [-0.05, 0) is 74.8 Å². The lowest BCUT2D eigenvalue weighted by Gasteiger charge is -2.32. The lowest BCUT2D eigenvalue weighted by molar-refractivity contribution is 0.660. The first-order valence-electron chi connectivity index (χ1n) is 16.3. The summed E-state index contributed by atoms with van der Waals surface area (Å²) in [5.41, 5.74) is 14.9. The maximum Gasteiger partial charge on any atom is 0.138 e. The summed E-state index contributed by atoms with van der Waals surface area (Å²) in [7, 11) is 0. The van der Waals surface area contributed by atoms with Gasteiger partial charge in [0.05, 0.1) is 11.4 Å². The first-order chi connectivity index (χ1) is 23.1. The summed E-state index contributed by atoms with van der Waals surface area (Å²) in [6.45, 7) is 4.72. The molecule has 0 unspecified atom stereocenters. The Hall–Kier alpha value is -5.86. The Morgan fingerprint density at radius 3 is 1.96 bits per heavy atom. The maximum absolute atomic E-state index is 6.63. The second-order valence-corrected chi connectivity index (χ2v) is 13.0. The Morgan fingerprint density at radius 2 is 1.13 bits per heavy atom. The molecule has 224 valence electrons. The largest absolute Gasteiger partial charge is 0.456 e. The predicted octanol–water partition coefficient (Wildman–Crippen LogP) is 12.7. The number of benzene rings is 7. The fourth-order valence-corrected chi connectivity index (χ4v) is 7.70. The first kappa shape index (κ1) is 27.5. The fourth-order valence-electron chi connectivity index (χ4n) is 7.70. The molecule has 8 aromatic rings. The molecule has 1 aliphatic rings. The minimum atomic E-state index is -0.191. The molecule has 0 fully saturated rings. The van der Waals surface area contributed by atoms with E-state index in [4.69, 9.17) is 4.42 Å². The van der Waals surface area contributed by atoms with E-state index < -0.39 is 0 Å².